The molecule has 0 fully saturated rings. The number of hydrogen-bond donors (Lipinski definition) is 1. The summed E-state index contributed by atoms with van der Waals surface area (Å²) in [5.41, 5.74) is 0.475. The van der Waals surface area contributed by atoms with Crippen molar-refractivity contribution in [2.75, 3.05) is 5.32 Å². The molecule has 0 aliphatic rings. The molecular weight excluding hydrogens is 446 g/mol. The lowest BCUT2D eigenvalue weighted by molar-refractivity contribution is -0.116. The summed E-state index contributed by atoms with van der Waals surface area (Å²) in [5.74, 6) is -0.365. The third kappa shape index (κ3) is 3.51. The van der Waals surface area contributed by atoms with E-state index < -0.39 is 11.2 Å². The minimum atomic E-state index is -0.586. The summed E-state index contributed by atoms with van der Waals surface area (Å²) in [4.78, 5) is 39.7. The van der Waals surface area contributed by atoms with Crippen molar-refractivity contribution in [2.24, 2.45) is 0 Å². The number of thiophene rings is 1. The van der Waals surface area contributed by atoms with E-state index in [2.05, 4.69) is 5.32 Å². The van der Waals surface area contributed by atoms with Gasteiger partial charge in [-0.25, -0.2) is 9.36 Å². The van der Waals surface area contributed by atoms with Crippen molar-refractivity contribution in [3.8, 4) is 5.69 Å². The Morgan fingerprint density at radius 1 is 0.906 bits per heavy atom. The number of aromatic nitrogens is 2. The van der Waals surface area contributed by atoms with Crippen LogP contribution in [0.15, 0.2) is 88.5 Å². The second kappa shape index (κ2) is 8.11. The van der Waals surface area contributed by atoms with Crippen LogP contribution < -0.4 is 16.6 Å². The van der Waals surface area contributed by atoms with Gasteiger partial charge in [0.2, 0.25) is 5.91 Å². The highest BCUT2D eigenvalue weighted by molar-refractivity contribution is 7.25. The number of anilines is 1. The summed E-state index contributed by atoms with van der Waals surface area (Å²) in [5, 5.41) is 4.06. The van der Waals surface area contributed by atoms with E-state index in [1.165, 1.54) is 15.9 Å². The van der Waals surface area contributed by atoms with Crippen LogP contribution in [0, 0.1) is 0 Å². The second-order valence-electron chi connectivity index (χ2n) is 7.18. The number of nitrogens with zero attached hydrogens (tertiary/aromatic N) is 2. The monoisotopic (exact) mass is 461 g/mol. The van der Waals surface area contributed by atoms with E-state index in [-0.39, 0.29) is 12.5 Å². The lowest BCUT2D eigenvalue weighted by atomic mass is 10.2. The van der Waals surface area contributed by atoms with Crippen molar-refractivity contribution in [1.29, 1.82) is 0 Å². The molecule has 3 aromatic carbocycles. The van der Waals surface area contributed by atoms with Crippen LogP contribution >= 0.6 is 22.9 Å². The summed E-state index contributed by atoms with van der Waals surface area (Å²) >= 11 is 7.29. The fourth-order valence-electron chi connectivity index (χ4n) is 3.68. The Morgan fingerprint density at radius 3 is 2.34 bits per heavy atom. The number of para-hydroxylation sites is 1. The summed E-state index contributed by atoms with van der Waals surface area (Å²) in [7, 11) is 0. The van der Waals surface area contributed by atoms with Gasteiger partial charge in [-0.05, 0) is 42.5 Å². The summed E-state index contributed by atoms with van der Waals surface area (Å²) < 4.78 is 3.73. The average Bonchev–Trinajstić information content (AvgIpc) is 3.19. The predicted molar refractivity (Wildman–Crippen MR) is 129 cm³/mol. The molecule has 2 heterocycles. The molecule has 0 saturated carbocycles. The Labute approximate surface area is 190 Å². The van der Waals surface area contributed by atoms with Gasteiger partial charge in [0.1, 0.15) is 11.2 Å². The highest BCUT2D eigenvalue weighted by Gasteiger charge is 2.20. The first kappa shape index (κ1) is 20.2. The molecular formula is C24H16ClN3O3S. The van der Waals surface area contributed by atoms with Gasteiger partial charge in [0.25, 0.3) is 5.56 Å². The van der Waals surface area contributed by atoms with Crippen LogP contribution in [0.3, 0.4) is 0 Å². The zero-order valence-corrected chi connectivity index (χ0v) is 18.2. The van der Waals surface area contributed by atoms with E-state index in [0.717, 1.165) is 14.7 Å². The minimum absolute atomic E-state index is 0.237. The van der Waals surface area contributed by atoms with Crippen molar-refractivity contribution in [3.05, 3.63) is 105 Å². The normalized spacial score (nSPS) is 11.2. The number of rotatable bonds is 4. The van der Waals surface area contributed by atoms with Gasteiger partial charge in [-0.1, -0.05) is 48.0 Å². The van der Waals surface area contributed by atoms with Gasteiger partial charge in [0, 0.05) is 20.8 Å². The zero-order chi connectivity index (χ0) is 22.2. The number of amides is 1. The molecule has 0 saturated heterocycles. The number of nitrogens with one attached hydrogen (secondary N) is 1. The summed E-state index contributed by atoms with van der Waals surface area (Å²) in [6, 6.07) is 22.9. The topological polar surface area (TPSA) is 73.1 Å². The molecule has 6 nitrogen and oxygen atoms in total. The molecule has 1 amide bonds. The molecule has 0 bridgehead atoms. The Balaban J connectivity index is 1.74. The van der Waals surface area contributed by atoms with E-state index in [1.807, 2.05) is 42.5 Å². The maximum Gasteiger partial charge on any atom is 0.336 e. The molecule has 8 heteroatoms. The third-order valence-electron chi connectivity index (χ3n) is 5.10. The zero-order valence-electron chi connectivity index (χ0n) is 16.6. The molecule has 0 atom stereocenters. The number of halogens is 1. The Morgan fingerprint density at radius 2 is 1.59 bits per heavy atom. The molecule has 158 valence electrons. The number of benzene rings is 3. The van der Waals surface area contributed by atoms with Gasteiger partial charge in [0.15, 0.2) is 0 Å². The number of hydrogen-bond acceptors (Lipinski definition) is 4. The maximum atomic E-state index is 13.5. The van der Waals surface area contributed by atoms with Gasteiger partial charge in [-0.2, -0.15) is 0 Å². The van der Waals surface area contributed by atoms with E-state index in [1.54, 1.807) is 36.4 Å². The Bertz CT molecular complexity index is 1590. The lowest BCUT2D eigenvalue weighted by Crippen LogP contribution is -2.40. The molecule has 0 radical (unpaired) electrons. The van der Waals surface area contributed by atoms with Gasteiger partial charge < -0.3 is 5.32 Å². The quantitative estimate of drug-likeness (QED) is 0.423. The van der Waals surface area contributed by atoms with Crippen LogP contribution in [-0.4, -0.2) is 15.0 Å². The number of carbonyl (C=O) groups excluding carboxylic acids is 1. The van der Waals surface area contributed by atoms with Crippen molar-refractivity contribution in [3.63, 3.8) is 0 Å². The van der Waals surface area contributed by atoms with Gasteiger partial charge in [-0.15, -0.1) is 11.3 Å². The standard InChI is InChI=1S/C24H16ClN3O3S/c25-15-10-12-17(13-11-15)28-23(30)22-21(18-8-4-5-9-19(18)32-22)27(24(28)31)14-20(29)26-16-6-2-1-3-7-16/h1-13H,14H2,(H,26,29). The molecule has 0 aliphatic carbocycles. The van der Waals surface area contributed by atoms with Crippen LogP contribution in [0.5, 0.6) is 0 Å². The van der Waals surface area contributed by atoms with E-state index in [4.69, 9.17) is 11.6 Å². The predicted octanol–water partition coefficient (Wildman–Crippen LogP) is 4.66. The van der Waals surface area contributed by atoms with Crippen molar-refractivity contribution < 1.29 is 4.79 Å². The highest BCUT2D eigenvalue weighted by Crippen LogP contribution is 2.31. The van der Waals surface area contributed by atoms with Crippen LogP contribution in [0.2, 0.25) is 5.02 Å². The highest BCUT2D eigenvalue weighted by atomic mass is 35.5. The third-order valence-corrected chi connectivity index (χ3v) is 6.50. The Hall–Kier alpha value is -3.68. The molecule has 1 N–H and O–H groups in total. The smallest absolute Gasteiger partial charge is 0.325 e. The molecule has 0 spiro atoms. The first-order valence-corrected chi connectivity index (χ1v) is 11.0. The van der Waals surface area contributed by atoms with Crippen LogP contribution in [0.4, 0.5) is 5.69 Å². The SMILES string of the molecule is O=C(Cn1c(=O)n(-c2ccc(Cl)cc2)c(=O)c2sc3ccccc3c21)Nc1ccccc1. The van der Waals surface area contributed by atoms with Crippen molar-refractivity contribution >= 4 is 54.8 Å². The fraction of sp³-hybridized carbons (Fsp3) is 0.0417. The van der Waals surface area contributed by atoms with E-state index in [0.29, 0.717) is 26.6 Å². The van der Waals surface area contributed by atoms with Crippen molar-refractivity contribution in [2.45, 2.75) is 6.54 Å². The fourth-order valence-corrected chi connectivity index (χ4v) is 4.94. The minimum Gasteiger partial charge on any atom is -0.325 e. The lowest BCUT2D eigenvalue weighted by Gasteiger charge is -2.13. The van der Waals surface area contributed by atoms with E-state index >= 15 is 0 Å². The van der Waals surface area contributed by atoms with E-state index in [9.17, 15) is 14.4 Å². The van der Waals surface area contributed by atoms with Gasteiger partial charge >= 0.3 is 5.69 Å². The summed E-state index contributed by atoms with van der Waals surface area (Å²) in [6.45, 7) is -0.237. The molecule has 2 aromatic heterocycles. The van der Waals surface area contributed by atoms with Gasteiger partial charge in [-0.3, -0.25) is 14.2 Å². The largest absolute Gasteiger partial charge is 0.336 e. The molecule has 0 aliphatic heterocycles. The number of fused-ring (bicyclic) bond motifs is 3. The Kier molecular flexibility index (Phi) is 5.13. The molecule has 5 aromatic rings. The average molecular weight is 462 g/mol. The maximum absolute atomic E-state index is 13.5. The van der Waals surface area contributed by atoms with Crippen LogP contribution in [-0.2, 0) is 11.3 Å². The first-order chi connectivity index (χ1) is 15.5. The van der Waals surface area contributed by atoms with Crippen molar-refractivity contribution in [1.82, 2.24) is 9.13 Å². The molecule has 32 heavy (non-hydrogen) atoms. The van der Waals surface area contributed by atoms with Crippen LogP contribution in [0.1, 0.15) is 0 Å². The summed E-state index contributed by atoms with van der Waals surface area (Å²) in [6.07, 6.45) is 0. The second-order valence-corrected chi connectivity index (χ2v) is 8.66. The van der Waals surface area contributed by atoms with Gasteiger partial charge in [0.05, 0.1) is 11.2 Å². The number of carbonyl (C=O) groups is 1. The van der Waals surface area contributed by atoms with Crippen LogP contribution in [0.25, 0.3) is 26.0 Å². The first-order valence-electron chi connectivity index (χ1n) is 9.81. The molecule has 5 rings (SSSR count). The molecule has 0 unspecified atom stereocenters.